The number of anilines is 1. The molecule has 0 saturated carbocycles. The van der Waals surface area contributed by atoms with Gasteiger partial charge in [-0.3, -0.25) is 13.9 Å². The van der Waals surface area contributed by atoms with Gasteiger partial charge in [0.1, 0.15) is 18.3 Å². The van der Waals surface area contributed by atoms with Crippen LogP contribution in [0.1, 0.15) is 25.0 Å². The van der Waals surface area contributed by atoms with Gasteiger partial charge < -0.3 is 15.0 Å². The largest absolute Gasteiger partial charge is 0.495 e. The minimum atomic E-state index is -4.30. The molecular formula is C35H36Cl3N3O5S. The van der Waals surface area contributed by atoms with Crippen LogP contribution in [0.3, 0.4) is 0 Å². The molecular weight excluding hydrogens is 681 g/mol. The molecule has 0 aliphatic carbocycles. The van der Waals surface area contributed by atoms with Crippen molar-refractivity contribution < 1.29 is 22.7 Å². The van der Waals surface area contributed by atoms with E-state index in [1.165, 1.54) is 42.3 Å². The fourth-order valence-electron chi connectivity index (χ4n) is 4.89. The van der Waals surface area contributed by atoms with Crippen LogP contribution in [-0.4, -0.2) is 51.4 Å². The van der Waals surface area contributed by atoms with Crippen molar-refractivity contribution in [2.75, 3.05) is 24.5 Å². The zero-order chi connectivity index (χ0) is 34.1. The van der Waals surface area contributed by atoms with Gasteiger partial charge in [-0.25, -0.2) is 8.42 Å². The maximum Gasteiger partial charge on any atom is 0.264 e. The van der Waals surface area contributed by atoms with Gasteiger partial charge in [0.2, 0.25) is 11.8 Å². The molecule has 0 heterocycles. The molecule has 0 saturated heterocycles. The third-order valence-electron chi connectivity index (χ3n) is 7.38. The van der Waals surface area contributed by atoms with Crippen LogP contribution in [0.15, 0.2) is 102 Å². The minimum Gasteiger partial charge on any atom is -0.495 e. The number of halogens is 3. The summed E-state index contributed by atoms with van der Waals surface area (Å²) in [6.45, 7) is 3.48. The second kappa shape index (κ2) is 16.4. The molecule has 4 aromatic carbocycles. The molecule has 0 bridgehead atoms. The number of nitrogens with one attached hydrogen (secondary N) is 1. The number of methoxy groups -OCH3 is 1. The number of nitrogens with zero attached hydrogens (tertiary/aromatic N) is 2. The van der Waals surface area contributed by atoms with Crippen LogP contribution in [0.5, 0.6) is 5.75 Å². The highest BCUT2D eigenvalue weighted by Gasteiger charge is 2.35. The number of ether oxygens (including phenoxy) is 1. The highest BCUT2D eigenvalue weighted by molar-refractivity contribution is 7.92. The van der Waals surface area contributed by atoms with Gasteiger partial charge in [-0.2, -0.15) is 0 Å². The molecule has 12 heteroatoms. The molecule has 8 nitrogen and oxygen atoms in total. The third-order valence-corrected chi connectivity index (χ3v) is 10.2. The second-order valence-corrected chi connectivity index (χ2v) is 14.3. The van der Waals surface area contributed by atoms with Crippen molar-refractivity contribution in [1.29, 1.82) is 0 Å². The molecule has 0 radical (unpaired) electrons. The monoisotopic (exact) mass is 715 g/mol. The first-order chi connectivity index (χ1) is 22.4. The van der Waals surface area contributed by atoms with Crippen LogP contribution in [0.2, 0.25) is 15.1 Å². The summed E-state index contributed by atoms with van der Waals surface area (Å²) < 4.78 is 34.6. The lowest BCUT2D eigenvalue weighted by atomic mass is 10.0. The summed E-state index contributed by atoms with van der Waals surface area (Å²) in [5.41, 5.74) is 1.35. The zero-order valence-corrected chi connectivity index (χ0v) is 29.3. The fraction of sp³-hybridized carbons (Fsp3) is 0.257. The molecule has 47 heavy (non-hydrogen) atoms. The molecule has 248 valence electrons. The summed E-state index contributed by atoms with van der Waals surface area (Å²) in [5, 5.41) is 3.70. The number of carbonyl (C=O) groups is 2. The van der Waals surface area contributed by atoms with Crippen molar-refractivity contribution in [3.05, 3.63) is 123 Å². The van der Waals surface area contributed by atoms with Gasteiger partial charge in [-0.15, -0.1) is 0 Å². The Balaban J connectivity index is 1.85. The lowest BCUT2D eigenvalue weighted by Crippen LogP contribution is -2.53. The first-order valence-corrected chi connectivity index (χ1v) is 17.4. The maximum absolute atomic E-state index is 14.6. The van der Waals surface area contributed by atoms with E-state index in [1.54, 1.807) is 36.4 Å². The number of hydrogen-bond donors (Lipinski definition) is 1. The fourth-order valence-corrected chi connectivity index (χ4v) is 7.09. The average molecular weight is 717 g/mol. The normalized spacial score (nSPS) is 12.0. The Labute approximate surface area is 291 Å². The quantitative estimate of drug-likeness (QED) is 0.148. The molecule has 0 spiro atoms. The van der Waals surface area contributed by atoms with Gasteiger partial charge in [-0.1, -0.05) is 103 Å². The van der Waals surface area contributed by atoms with Gasteiger partial charge in [0.15, 0.2) is 0 Å². The van der Waals surface area contributed by atoms with Gasteiger partial charge in [0.25, 0.3) is 10.0 Å². The van der Waals surface area contributed by atoms with E-state index in [0.29, 0.717) is 27.9 Å². The van der Waals surface area contributed by atoms with Crippen LogP contribution >= 0.6 is 34.8 Å². The van der Waals surface area contributed by atoms with Crippen molar-refractivity contribution in [2.45, 2.75) is 37.8 Å². The van der Waals surface area contributed by atoms with E-state index in [9.17, 15) is 18.0 Å². The van der Waals surface area contributed by atoms with E-state index in [2.05, 4.69) is 5.32 Å². The van der Waals surface area contributed by atoms with Crippen LogP contribution < -0.4 is 14.4 Å². The number of benzene rings is 4. The number of sulfonamides is 1. The Morgan fingerprint density at radius 2 is 1.45 bits per heavy atom. The zero-order valence-electron chi connectivity index (χ0n) is 26.2. The molecule has 0 aromatic heterocycles. The molecule has 0 fully saturated rings. The Morgan fingerprint density at radius 3 is 2.02 bits per heavy atom. The Morgan fingerprint density at radius 1 is 0.830 bits per heavy atom. The van der Waals surface area contributed by atoms with Crippen LogP contribution in [0, 0.1) is 5.92 Å². The lowest BCUT2D eigenvalue weighted by Gasteiger charge is -2.34. The van der Waals surface area contributed by atoms with Crippen molar-refractivity contribution >= 4 is 62.3 Å². The average Bonchev–Trinajstić information content (AvgIpc) is 3.06. The van der Waals surface area contributed by atoms with E-state index in [1.807, 2.05) is 44.2 Å². The van der Waals surface area contributed by atoms with Gasteiger partial charge in [0, 0.05) is 35.1 Å². The molecule has 1 N–H and O–H groups in total. The smallest absolute Gasteiger partial charge is 0.264 e. The van der Waals surface area contributed by atoms with E-state index < -0.39 is 34.4 Å². The second-order valence-electron chi connectivity index (χ2n) is 11.2. The molecule has 0 aliphatic rings. The topological polar surface area (TPSA) is 96.0 Å². The minimum absolute atomic E-state index is 0.0315. The molecule has 0 aliphatic heterocycles. The summed E-state index contributed by atoms with van der Waals surface area (Å²) >= 11 is 19.6. The number of rotatable bonds is 14. The van der Waals surface area contributed by atoms with Crippen LogP contribution in [0.25, 0.3) is 0 Å². The van der Waals surface area contributed by atoms with Crippen molar-refractivity contribution in [1.82, 2.24) is 10.2 Å². The van der Waals surface area contributed by atoms with Gasteiger partial charge >= 0.3 is 0 Å². The third kappa shape index (κ3) is 9.20. The molecule has 4 rings (SSSR count). The predicted molar refractivity (Wildman–Crippen MR) is 188 cm³/mol. The SMILES string of the molecule is COc1ccc(N(CC(=O)N(Cc2c(Cl)cccc2Cl)[C@H](Cc2ccccc2)C(=O)NCC(C)C)S(=O)(=O)c2ccccc2)cc1Cl. The first-order valence-electron chi connectivity index (χ1n) is 14.9. The molecule has 4 aromatic rings. The summed E-state index contributed by atoms with van der Waals surface area (Å²) in [6, 6.07) is 25.4. The van der Waals surface area contributed by atoms with E-state index >= 15 is 0 Å². The Bertz CT molecular complexity index is 1770. The van der Waals surface area contributed by atoms with Crippen molar-refractivity contribution in [2.24, 2.45) is 5.92 Å². The van der Waals surface area contributed by atoms with Gasteiger partial charge in [0.05, 0.1) is 22.7 Å². The van der Waals surface area contributed by atoms with Crippen molar-refractivity contribution in [3.8, 4) is 5.75 Å². The number of hydrogen-bond acceptors (Lipinski definition) is 5. The maximum atomic E-state index is 14.6. The highest BCUT2D eigenvalue weighted by atomic mass is 35.5. The molecule has 2 amide bonds. The Kier molecular flexibility index (Phi) is 12.6. The standard InChI is InChI=1S/C35H36Cl3N3O5S/c1-24(2)21-39-35(43)32(19-25-11-6-4-7-12-25)40(22-28-29(36)15-10-16-30(28)37)34(42)23-41(26-17-18-33(46-3)31(38)20-26)47(44,45)27-13-8-5-9-14-27/h4-18,20,24,32H,19,21-23H2,1-3H3,(H,39,43)/t32-/m1/s1. The predicted octanol–water partition coefficient (Wildman–Crippen LogP) is 7.26. The summed E-state index contributed by atoms with van der Waals surface area (Å²) in [6.07, 6.45) is 0.151. The van der Waals surface area contributed by atoms with E-state index in [4.69, 9.17) is 39.5 Å². The van der Waals surface area contributed by atoms with Crippen LogP contribution in [0.4, 0.5) is 5.69 Å². The highest BCUT2D eigenvalue weighted by Crippen LogP contribution is 2.33. The number of amides is 2. The summed E-state index contributed by atoms with van der Waals surface area (Å²) in [5.74, 6) is -0.583. The summed E-state index contributed by atoms with van der Waals surface area (Å²) in [7, 11) is -2.86. The molecule has 0 unspecified atom stereocenters. The number of carbonyl (C=O) groups excluding carboxylic acids is 2. The van der Waals surface area contributed by atoms with E-state index in [0.717, 1.165) is 9.87 Å². The van der Waals surface area contributed by atoms with Gasteiger partial charge in [-0.05, 0) is 53.9 Å². The lowest BCUT2D eigenvalue weighted by molar-refractivity contribution is -0.140. The van der Waals surface area contributed by atoms with Crippen molar-refractivity contribution in [3.63, 3.8) is 0 Å². The summed E-state index contributed by atoms with van der Waals surface area (Å²) in [4.78, 5) is 29.8. The molecule has 1 atom stereocenters. The van der Waals surface area contributed by atoms with E-state index in [-0.39, 0.29) is 34.5 Å². The first kappa shape index (κ1) is 36.1. The Hall–Kier alpha value is -3.76. The van der Waals surface area contributed by atoms with Crippen LogP contribution in [-0.2, 0) is 32.6 Å².